The standard InChI is InChI=1S/C30H36N6O4/c1-18-26(33-36-13-22(11-25(38-2)27(18)36)30(37)34-9-3-4-23(31)14-34)24-10-21-7-8-32-29(40-17-20-15-39-16-20)28(21)35(24)12-19-5-6-19/h7-8,10-11,13,19-20,23H,3-6,9,12,14-17,31H2,1-2H3/t23-/m1/s1. The van der Waals surface area contributed by atoms with Gasteiger partial charge in [0.2, 0.25) is 5.88 Å². The number of pyridine rings is 2. The van der Waals surface area contributed by atoms with E-state index in [4.69, 9.17) is 25.0 Å². The van der Waals surface area contributed by atoms with Crippen molar-refractivity contribution < 1.29 is 19.0 Å². The monoisotopic (exact) mass is 544 g/mol. The molecule has 0 bridgehead atoms. The minimum absolute atomic E-state index is 0.0145. The van der Waals surface area contributed by atoms with Crippen molar-refractivity contribution in [2.45, 2.75) is 45.2 Å². The second-order valence-electron chi connectivity index (χ2n) is 11.6. The molecule has 2 aliphatic heterocycles. The molecule has 3 aliphatic rings. The summed E-state index contributed by atoms with van der Waals surface area (Å²) in [6, 6.07) is 6.06. The summed E-state index contributed by atoms with van der Waals surface area (Å²) in [5.74, 6) is 2.28. The third-order valence-corrected chi connectivity index (χ3v) is 8.46. The van der Waals surface area contributed by atoms with Gasteiger partial charge >= 0.3 is 0 Å². The summed E-state index contributed by atoms with van der Waals surface area (Å²) in [4.78, 5) is 19.9. The van der Waals surface area contributed by atoms with Gasteiger partial charge in [0.15, 0.2) is 0 Å². The molecular formula is C30H36N6O4. The van der Waals surface area contributed by atoms with Crippen molar-refractivity contribution >= 4 is 22.3 Å². The molecule has 4 aromatic heterocycles. The fourth-order valence-corrected chi connectivity index (χ4v) is 5.99. The lowest BCUT2D eigenvalue weighted by molar-refractivity contribution is -0.0512. The van der Waals surface area contributed by atoms with Crippen LogP contribution in [0.25, 0.3) is 27.8 Å². The van der Waals surface area contributed by atoms with E-state index in [1.165, 1.54) is 12.8 Å². The lowest BCUT2D eigenvalue weighted by Gasteiger charge is -2.30. The van der Waals surface area contributed by atoms with Crippen LogP contribution in [-0.4, -0.2) is 76.0 Å². The maximum atomic E-state index is 13.4. The van der Waals surface area contributed by atoms with Crippen molar-refractivity contribution in [3.05, 3.63) is 41.7 Å². The molecule has 40 heavy (non-hydrogen) atoms. The molecule has 0 radical (unpaired) electrons. The molecule has 210 valence electrons. The predicted molar refractivity (Wildman–Crippen MR) is 151 cm³/mol. The molecule has 0 aromatic carbocycles. The number of nitrogens with zero attached hydrogens (tertiary/aromatic N) is 5. The molecule has 2 N–H and O–H groups in total. The molecule has 1 atom stereocenters. The van der Waals surface area contributed by atoms with E-state index in [1.54, 1.807) is 11.6 Å². The Balaban J connectivity index is 1.32. The highest BCUT2D eigenvalue weighted by molar-refractivity contribution is 5.96. The average molecular weight is 545 g/mol. The van der Waals surface area contributed by atoms with E-state index >= 15 is 0 Å². The van der Waals surface area contributed by atoms with Crippen LogP contribution in [0.15, 0.2) is 30.6 Å². The second kappa shape index (κ2) is 10.1. The summed E-state index contributed by atoms with van der Waals surface area (Å²) in [7, 11) is 1.64. The minimum atomic E-state index is -0.0439. The number of piperidine rings is 1. The summed E-state index contributed by atoms with van der Waals surface area (Å²) in [6.07, 6.45) is 7.93. The molecular weight excluding hydrogens is 508 g/mol. The van der Waals surface area contributed by atoms with Crippen molar-refractivity contribution in [2.24, 2.45) is 17.6 Å². The third kappa shape index (κ3) is 4.49. The Labute approximate surface area is 233 Å². The van der Waals surface area contributed by atoms with E-state index < -0.39 is 0 Å². The van der Waals surface area contributed by atoms with Gasteiger partial charge in [-0.3, -0.25) is 4.79 Å². The van der Waals surface area contributed by atoms with Gasteiger partial charge in [-0.1, -0.05) is 0 Å². The van der Waals surface area contributed by atoms with E-state index in [2.05, 4.69) is 22.5 Å². The van der Waals surface area contributed by atoms with Crippen molar-refractivity contribution in [2.75, 3.05) is 40.0 Å². The van der Waals surface area contributed by atoms with Gasteiger partial charge in [-0.05, 0) is 56.7 Å². The van der Waals surface area contributed by atoms with Gasteiger partial charge in [-0.2, -0.15) is 5.10 Å². The van der Waals surface area contributed by atoms with Crippen molar-refractivity contribution in [1.82, 2.24) is 24.1 Å². The molecule has 2 saturated heterocycles. The lowest BCUT2D eigenvalue weighted by atomic mass is 10.1. The molecule has 0 spiro atoms. The zero-order valence-corrected chi connectivity index (χ0v) is 23.1. The topological polar surface area (TPSA) is 109 Å². The number of likely N-dealkylation sites (tertiary alicyclic amines) is 1. The van der Waals surface area contributed by atoms with Crippen molar-refractivity contribution in [3.63, 3.8) is 0 Å². The highest BCUT2D eigenvalue weighted by Crippen LogP contribution is 2.40. The molecule has 1 amide bonds. The molecule has 6 heterocycles. The van der Waals surface area contributed by atoms with Crippen LogP contribution in [0.4, 0.5) is 0 Å². The highest BCUT2D eigenvalue weighted by atomic mass is 16.5. The van der Waals surface area contributed by atoms with Gasteiger partial charge in [0.1, 0.15) is 22.5 Å². The average Bonchev–Trinajstić information content (AvgIpc) is 3.59. The summed E-state index contributed by atoms with van der Waals surface area (Å²) in [5, 5.41) is 6.12. The predicted octanol–water partition coefficient (Wildman–Crippen LogP) is 3.67. The van der Waals surface area contributed by atoms with Crippen LogP contribution in [0.5, 0.6) is 11.6 Å². The number of hydrogen-bond acceptors (Lipinski definition) is 7. The Morgan fingerprint density at radius 2 is 2.02 bits per heavy atom. The third-order valence-electron chi connectivity index (χ3n) is 8.46. The van der Waals surface area contributed by atoms with Crippen LogP contribution < -0.4 is 15.2 Å². The zero-order chi connectivity index (χ0) is 27.4. The van der Waals surface area contributed by atoms with Crippen LogP contribution in [-0.2, 0) is 11.3 Å². The smallest absolute Gasteiger partial charge is 0.255 e. The Morgan fingerprint density at radius 1 is 1.18 bits per heavy atom. The fourth-order valence-electron chi connectivity index (χ4n) is 5.99. The van der Waals surface area contributed by atoms with Crippen molar-refractivity contribution in [3.8, 4) is 23.0 Å². The first-order valence-corrected chi connectivity index (χ1v) is 14.3. The quantitative estimate of drug-likeness (QED) is 0.361. The fraction of sp³-hybridized carbons (Fsp3) is 0.500. The highest BCUT2D eigenvalue weighted by Gasteiger charge is 2.29. The number of aromatic nitrogens is 4. The number of methoxy groups -OCH3 is 1. The number of amides is 1. The van der Waals surface area contributed by atoms with E-state index in [-0.39, 0.29) is 11.9 Å². The van der Waals surface area contributed by atoms with E-state index in [1.807, 2.05) is 29.4 Å². The molecule has 4 aromatic rings. The molecule has 1 saturated carbocycles. The zero-order valence-electron chi connectivity index (χ0n) is 23.1. The number of ether oxygens (including phenoxy) is 3. The van der Waals surface area contributed by atoms with Gasteiger partial charge in [-0.25, -0.2) is 9.50 Å². The maximum absolute atomic E-state index is 13.4. The van der Waals surface area contributed by atoms with E-state index in [9.17, 15) is 4.79 Å². The van der Waals surface area contributed by atoms with E-state index in [0.29, 0.717) is 48.7 Å². The number of carbonyl (C=O) groups is 1. The van der Waals surface area contributed by atoms with Gasteiger partial charge in [-0.15, -0.1) is 0 Å². The maximum Gasteiger partial charge on any atom is 0.255 e. The minimum Gasteiger partial charge on any atom is -0.494 e. The molecule has 7 rings (SSSR count). The van der Waals surface area contributed by atoms with Gasteiger partial charge < -0.3 is 29.4 Å². The van der Waals surface area contributed by atoms with Crippen LogP contribution in [0.1, 0.15) is 41.6 Å². The Morgan fingerprint density at radius 3 is 2.75 bits per heavy atom. The number of rotatable bonds is 8. The largest absolute Gasteiger partial charge is 0.494 e. The van der Waals surface area contributed by atoms with Gasteiger partial charge in [0.05, 0.1) is 38.2 Å². The summed E-state index contributed by atoms with van der Waals surface area (Å²) in [5.41, 5.74) is 11.4. The van der Waals surface area contributed by atoms with Crippen LogP contribution in [0, 0.1) is 18.8 Å². The number of hydrogen-bond donors (Lipinski definition) is 1. The normalized spacial score (nSPS) is 19.8. The van der Waals surface area contributed by atoms with Gasteiger partial charge in [0, 0.05) is 54.9 Å². The Bertz CT molecular complexity index is 1580. The second-order valence-corrected chi connectivity index (χ2v) is 11.6. The number of carbonyl (C=O) groups excluding carboxylic acids is 1. The molecule has 0 unspecified atom stereocenters. The Kier molecular flexibility index (Phi) is 6.39. The van der Waals surface area contributed by atoms with E-state index in [0.717, 1.165) is 66.0 Å². The van der Waals surface area contributed by atoms with Crippen LogP contribution in [0.3, 0.4) is 0 Å². The number of aryl methyl sites for hydroxylation is 1. The van der Waals surface area contributed by atoms with Crippen LogP contribution in [0.2, 0.25) is 0 Å². The SMILES string of the molecule is COc1cc(C(=O)N2CCC[C@@H](N)C2)cn2nc(-c3cc4ccnc(OCC5COC5)c4n3CC3CC3)c(C)c12. The lowest BCUT2D eigenvalue weighted by Crippen LogP contribution is -2.45. The number of fused-ring (bicyclic) bond motifs is 2. The first-order valence-electron chi connectivity index (χ1n) is 14.3. The van der Waals surface area contributed by atoms with Crippen LogP contribution >= 0.6 is 0 Å². The molecule has 1 aliphatic carbocycles. The first kappa shape index (κ1) is 25.3. The summed E-state index contributed by atoms with van der Waals surface area (Å²) >= 11 is 0. The number of nitrogens with two attached hydrogens (primary N) is 1. The van der Waals surface area contributed by atoms with Crippen molar-refractivity contribution in [1.29, 1.82) is 0 Å². The summed E-state index contributed by atoms with van der Waals surface area (Å²) in [6.45, 7) is 6.30. The summed E-state index contributed by atoms with van der Waals surface area (Å²) < 4.78 is 21.5. The molecule has 10 nitrogen and oxygen atoms in total. The first-order chi connectivity index (χ1) is 19.5. The van der Waals surface area contributed by atoms with Gasteiger partial charge in [0.25, 0.3) is 5.91 Å². The molecule has 10 heteroatoms. The molecule has 3 fully saturated rings. The Hall–Kier alpha value is -3.63.